The Labute approximate surface area is 146 Å². The van der Waals surface area contributed by atoms with Crippen molar-refractivity contribution in [3.8, 4) is 5.75 Å². The van der Waals surface area contributed by atoms with Crippen LogP contribution in [0, 0.1) is 11.8 Å². The number of carbonyl (C=O) groups is 1. The van der Waals surface area contributed by atoms with Gasteiger partial charge < -0.3 is 10.1 Å². The second-order valence-corrected chi connectivity index (χ2v) is 7.26. The van der Waals surface area contributed by atoms with Crippen LogP contribution < -0.4 is 10.1 Å². The van der Waals surface area contributed by atoms with Gasteiger partial charge in [0.1, 0.15) is 5.75 Å². The number of nitrogens with one attached hydrogen (secondary N) is 1. The molecule has 2 aromatic rings. The third-order valence-corrected chi connectivity index (χ3v) is 4.77. The first-order chi connectivity index (χ1) is 10.9. The van der Waals surface area contributed by atoms with Gasteiger partial charge in [0, 0.05) is 6.04 Å². The van der Waals surface area contributed by atoms with Gasteiger partial charge in [-0.25, -0.2) is 0 Å². The Morgan fingerprint density at radius 3 is 2.39 bits per heavy atom. The zero-order valence-corrected chi connectivity index (χ0v) is 15.7. The normalized spacial score (nSPS) is 11.5. The van der Waals surface area contributed by atoms with E-state index < -0.39 is 0 Å². The maximum Gasteiger partial charge on any atom is 0.258 e. The highest BCUT2D eigenvalue weighted by molar-refractivity contribution is 9.10. The Kier molecular flexibility index (Phi) is 6.05. The Morgan fingerprint density at radius 1 is 1.09 bits per heavy atom. The van der Waals surface area contributed by atoms with Crippen LogP contribution in [0.4, 0.5) is 0 Å². The third-order valence-electron chi connectivity index (χ3n) is 3.95. The van der Waals surface area contributed by atoms with Crippen LogP contribution in [0.2, 0.25) is 0 Å². The Balaban J connectivity index is 2.03. The molecule has 0 fully saturated rings. The number of hydrogen-bond acceptors (Lipinski definition) is 2. The molecular formula is C19H24BrNO2. The van der Waals surface area contributed by atoms with E-state index in [-0.39, 0.29) is 18.6 Å². The van der Waals surface area contributed by atoms with E-state index in [1.165, 1.54) is 0 Å². The lowest BCUT2D eigenvalue weighted by Crippen LogP contribution is -2.44. The van der Waals surface area contributed by atoms with E-state index in [1.807, 2.05) is 36.4 Å². The Morgan fingerprint density at radius 2 is 1.74 bits per heavy atom. The van der Waals surface area contributed by atoms with Crippen LogP contribution in [0.5, 0.6) is 5.75 Å². The molecule has 0 heterocycles. The molecule has 0 saturated heterocycles. The van der Waals surface area contributed by atoms with Crippen LogP contribution >= 0.6 is 15.9 Å². The summed E-state index contributed by atoms with van der Waals surface area (Å²) in [4.78, 5) is 12.2. The molecule has 2 aromatic carbocycles. The average Bonchev–Trinajstić information content (AvgIpc) is 2.51. The lowest BCUT2D eigenvalue weighted by atomic mass is 9.93. The molecule has 1 amide bonds. The van der Waals surface area contributed by atoms with Crippen LogP contribution in [0.15, 0.2) is 40.9 Å². The molecule has 0 radical (unpaired) electrons. The van der Waals surface area contributed by atoms with Gasteiger partial charge in [0.15, 0.2) is 6.61 Å². The predicted molar refractivity (Wildman–Crippen MR) is 98.7 cm³/mol. The molecule has 0 aromatic heterocycles. The second kappa shape index (κ2) is 7.82. The summed E-state index contributed by atoms with van der Waals surface area (Å²) >= 11 is 3.57. The molecule has 124 valence electrons. The fourth-order valence-electron chi connectivity index (χ4n) is 2.80. The summed E-state index contributed by atoms with van der Waals surface area (Å²) in [5, 5.41) is 5.28. The van der Waals surface area contributed by atoms with Crippen LogP contribution in [0.3, 0.4) is 0 Å². The van der Waals surface area contributed by atoms with Crippen LogP contribution in [0.1, 0.15) is 27.7 Å². The molecule has 2 rings (SSSR count). The Bertz CT molecular complexity index is 674. The molecule has 23 heavy (non-hydrogen) atoms. The van der Waals surface area contributed by atoms with Gasteiger partial charge in [-0.3, -0.25) is 4.79 Å². The maximum absolute atomic E-state index is 12.2. The highest BCUT2D eigenvalue weighted by Gasteiger charge is 2.20. The molecule has 0 aliphatic carbocycles. The van der Waals surface area contributed by atoms with Crippen molar-refractivity contribution < 1.29 is 9.53 Å². The second-order valence-electron chi connectivity index (χ2n) is 6.47. The summed E-state index contributed by atoms with van der Waals surface area (Å²) in [6, 6.07) is 12.1. The van der Waals surface area contributed by atoms with Crippen molar-refractivity contribution in [2.75, 3.05) is 6.61 Å². The first kappa shape index (κ1) is 17.8. The number of ether oxygens (including phenoxy) is 1. The Hall–Kier alpha value is -1.55. The number of benzene rings is 2. The quantitative estimate of drug-likeness (QED) is 0.786. The molecular weight excluding hydrogens is 354 g/mol. The number of fused-ring (bicyclic) bond motifs is 1. The summed E-state index contributed by atoms with van der Waals surface area (Å²) in [5.74, 6) is 1.39. The monoisotopic (exact) mass is 377 g/mol. The fourth-order valence-corrected chi connectivity index (χ4v) is 3.41. The largest absolute Gasteiger partial charge is 0.483 e. The van der Waals surface area contributed by atoms with E-state index in [9.17, 15) is 4.79 Å². The fraction of sp³-hybridized carbons (Fsp3) is 0.421. The van der Waals surface area contributed by atoms with Crippen molar-refractivity contribution in [3.05, 3.63) is 40.9 Å². The molecule has 0 aliphatic heterocycles. The zero-order chi connectivity index (χ0) is 17.0. The predicted octanol–water partition coefficient (Wildman–Crippen LogP) is 4.78. The van der Waals surface area contributed by atoms with E-state index in [0.717, 1.165) is 15.2 Å². The van der Waals surface area contributed by atoms with E-state index in [0.29, 0.717) is 17.6 Å². The molecule has 0 saturated carbocycles. The summed E-state index contributed by atoms with van der Waals surface area (Å²) in [7, 11) is 0. The van der Waals surface area contributed by atoms with E-state index >= 15 is 0 Å². The van der Waals surface area contributed by atoms with Gasteiger partial charge in [-0.15, -0.1) is 0 Å². The third kappa shape index (κ3) is 4.47. The number of amides is 1. The zero-order valence-electron chi connectivity index (χ0n) is 14.1. The summed E-state index contributed by atoms with van der Waals surface area (Å²) in [6.45, 7) is 8.49. The highest BCUT2D eigenvalue weighted by atomic mass is 79.9. The van der Waals surface area contributed by atoms with E-state index in [2.05, 4.69) is 48.9 Å². The standard InChI is InChI=1S/C19H24BrNO2/c1-12(2)19(13(3)4)21-17(22)11-23-16-10-9-14-7-5-6-8-15(14)18(16)20/h5-10,12-13,19H,11H2,1-4H3,(H,21,22). The van der Waals surface area contributed by atoms with Gasteiger partial charge >= 0.3 is 0 Å². The summed E-state index contributed by atoms with van der Waals surface area (Å²) in [6.07, 6.45) is 0. The minimum absolute atomic E-state index is 0.0207. The minimum Gasteiger partial charge on any atom is -0.483 e. The molecule has 1 N–H and O–H groups in total. The first-order valence-electron chi connectivity index (χ1n) is 7.99. The maximum atomic E-state index is 12.2. The number of hydrogen-bond donors (Lipinski definition) is 1. The average molecular weight is 378 g/mol. The highest BCUT2D eigenvalue weighted by Crippen LogP contribution is 2.32. The lowest BCUT2D eigenvalue weighted by Gasteiger charge is -2.26. The van der Waals surface area contributed by atoms with Crippen molar-refractivity contribution in [2.24, 2.45) is 11.8 Å². The van der Waals surface area contributed by atoms with Crippen molar-refractivity contribution in [2.45, 2.75) is 33.7 Å². The SMILES string of the molecule is CC(C)C(NC(=O)COc1ccc2ccccc2c1Br)C(C)C. The van der Waals surface area contributed by atoms with Gasteiger partial charge in [-0.1, -0.05) is 58.0 Å². The van der Waals surface area contributed by atoms with E-state index in [4.69, 9.17) is 4.74 Å². The topological polar surface area (TPSA) is 38.3 Å². The molecule has 0 bridgehead atoms. The molecule has 0 spiro atoms. The van der Waals surface area contributed by atoms with Crippen molar-refractivity contribution in [1.29, 1.82) is 0 Å². The molecule has 3 nitrogen and oxygen atoms in total. The van der Waals surface area contributed by atoms with Crippen LogP contribution in [0.25, 0.3) is 10.8 Å². The molecule has 0 unspecified atom stereocenters. The van der Waals surface area contributed by atoms with Gasteiger partial charge in [0.2, 0.25) is 0 Å². The van der Waals surface area contributed by atoms with Gasteiger partial charge in [-0.2, -0.15) is 0 Å². The van der Waals surface area contributed by atoms with Crippen molar-refractivity contribution in [1.82, 2.24) is 5.32 Å². The molecule has 4 heteroatoms. The lowest BCUT2D eigenvalue weighted by molar-refractivity contribution is -0.124. The van der Waals surface area contributed by atoms with Gasteiger partial charge in [0.25, 0.3) is 5.91 Å². The summed E-state index contributed by atoms with van der Waals surface area (Å²) in [5.41, 5.74) is 0. The molecule has 0 atom stereocenters. The van der Waals surface area contributed by atoms with Gasteiger partial charge in [0.05, 0.1) is 4.47 Å². The summed E-state index contributed by atoms with van der Waals surface area (Å²) < 4.78 is 6.59. The minimum atomic E-state index is -0.0857. The van der Waals surface area contributed by atoms with Gasteiger partial charge in [-0.05, 0) is 44.6 Å². The van der Waals surface area contributed by atoms with Crippen molar-refractivity contribution in [3.63, 3.8) is 0 Å². The smallest absolute Gasteiger partial charge is 0.258 e. The van der Waals surface area contributed by atoms with Crippen molar-refractivity contribution >= 4 is 32.6 Å². The number of rotatable bonds is 6. The molecule has 0 aliphatic rings. The van der Waals surface area contributed by atoms with Crippen LogP contribution in [-0.2, 0) is 4.79 Å². The number of carbonyl (C=O) groups excluding carboxylic acids is 1. The first-order valence-corrected chi connectivity index (χ1v) is 8.79. The number of halogens is 1. The van der Waals surface area contributed by atoms with E-state index in [1.54, 1.807) is 0 Å². The van der Waals surface area contributed by atoms with Crippen LogP contribution in [-0.4, -0.2) is 18.6 Å².